The lowest BCUT2D eigenvalue weighted by Gasteiger charge is -2.18. The molecular formula is C15H18N4O. The molecular weight excluding hydrogens is 252 g/mol. The summed E-state index contributed by atoms with van der Waals surface area (Å²) in [4.78, 5) is 10.6. The maximum atomic E-state index is 5.72. The second-order valence-corrected chi connectivity index (χ2v) is 4.97. The number of hydrogen-bond donors (Lipinski definition) is 1. The van der Waals surface area contributed by atoms with E-state index in [9.17, 15) is 0 Å². The molecule has 1 fully saturated rings. The smallest absolute Gasteiger partial charge is 0.225 e. The van der Waals surface area contributed by atoms with Crippen LogP contribution in [0.15, 0.2) is 36.4 Å². The highest BCUT2D eigenvalue weighted by molar-refractivity contribution is 5.47. The normalized spacial score (nSPS) is 18.2. The molecule has 3 rings (SSSR count). The predicted octanol–water partition coefficient (Wildman–Crippen LogP) is 2.06. The largest absolute Gasteiger partial charge is 0.481 e. The molecule has 0 spiro atoms. The number of methoxy groups -OCH3 is 1. The fourth-order valence-electron chi connectivity index (χ4n) is 2.66. The molecule has 1 atom stereocenters. The molecule has 2 aromatic rings. The lowest BCUT2D eigenvalue weighted by Crippen LogP contribution is -2.21. The van der Waals surface area contributed by atoms with Crippen molar-refractivity contribution >= 4 is 11.8 Å². The average Bonchev–Trinajstić information content (AvgIpc) is 2.97. The van der Waals surface area contributed by atoms with Gasteiger partial charge in [0.2, 0.25) is 11.8 Å². The molecule has 104 valence electrons. The predicted molar refractivity (Wildman–Crippen MR) is 79.0 cm³/mol. The summed E-state index contributed by atoms with van der Waals surface area (Å²) in [6.45, 7) is 1.92. The minimum atomic E-state index is 0.252. The fraction of sp³-hybridized carbons (Fsp3) is 0.333. The molecule has 0 bridgehead atoms. The Balaban J connectivity index is 1.79. The topological polar surface area (TPSA) is 64.3 Å². The van der Waals surface area contributed by atoms with E-state index < -0.39 is 0 Å². The maximum absolute atomic E-state index is 5.72. The first kappa shape index (κ1) is 12.7. The first-order valence-electron chi connectivity index (χ1n) is 6.74. The van der Waals surface area contributed by atoms with Gasteiger partial charge in [0.15, 0.2) is 0 Å². The van der Waals surface area contributed by atoms with Gasteiger partial charge in [-0.1, -0.05) is 30.3 Å². The first-order chi connectivity index (χ1) is 9.76. The van der Waals surface area contributed by atoms with Crippen molar-refractivity contribution in [2.45, 2.75) is 12.3 Å². The number of rotatable bonds is 3. The number of ether oxygens (including phenoxy) is 1. The molecule has 0 aliphatic carbocycles. The second kappa shape index (κ2) is 5.36. The fourth-order valence-corrected chi connectivity index (χ4v) is 2.66. The molecule has 0 saturated carbocycles. The van der Waals surface area contributed by atoms with Gasteiger partial charge in [0.1, 0.15) is 5.82 Å². The van der Waals surface area contributed by atoms with Crippen LogP contribution in [0.2, 0.25) is 0 Å². The van der Waals surface area contributed by atoms with E-state index in [1.807, 2.05) is 12.1 Å². The second-order valence-electron chi connectivity index (χ2n) is 4.97. The molecule has 2 N–H and O–H groups in total. The molecule has 20 heavy (non-hydrogen) atoms. The van der Waals surface area contributed by atoms with Gasteiger partial charge in [-0.05, 0) is 12.0 Å². The van der Waals surface area contributed by atoms with Crippen molar-refractivity contribution in [2.24, 2.45) is 0 Å². The van der Waals surface area contributed by atoms with Crippen LogP contribution in [0.4, 0.5) is 11.8 Å². The van der Waals surface area contributed by atoms with Crippen molar-refractivity contribution in [3.8, 4) is 5.88 Å². The van der Waals surface area contributed by atoms with E-state index in [2.05, 4.69) is 39.1 Å². The Bertz CT molecular complexity index is 588. The summed E-state index contributed by atoms with van der Waals surface area (Å²) in [6, 6.07) is 12.4. The monoisotopic (exact) mass is 270 g/mol. The van der Waals surface area contributed by atoms with E-state index in [-0.39, 0.29) is 5.95 Å². The molecule has 0 amide bonds. The summed E-state index contributed by atoms with van der Waals surface area (Å²) in [7, 11) is 1.59. The number of aromatic nitrogens is 2. The molecule has 1 aromatic heterocycles. The number of nitrogens with zero attached hydrogens (tertiary/aromatic N) is 3. The van der Waals surface area contributed by atoms with Crippen LogP contribution < -0.4 is 15.4 Å². The van der Waals surface area contributed by atoms with E-state index in [0.29, 0.717) is 11.8 Å². The van der Waals surface area contributed by atoms with Crippen LogP contribution in [-0.2, 0) is 0 Å². The van der Waals surface area contributed by atoms with Gasteiger partial charge >= 0.3 is 0 Å². The first-order valence-corrected chi connectivity index (χ1v) is 6.74. The van der Waals surface area contributed by atoms with Crippen molar-refractivity contribution in [1.29, 1.82) is 0 Å². The van der Waals surface area contributed by atoms with Gasteiger partial charge < -0.3 is 15.4 Å². The average molecular weight is 270 g/mol. The SMILES string of the molecule is COc1cc(N2CCC(c3ccccc3)C2)nc(N)n1. The van der Waals surface area contributed by atoms with E-state index in [1.54, 1.807) is 7.11 Å². The Kier molecular flexibility index (Phi) is 3.41. The van der Waals surface area contributed by atoms with Gasteiger partial charge in [-0.2, -0.15) is 9.97 Å². The van der Waals surface area contributed by atoms with Gasteiger partial charge in [0.05, 0.1) is 7.11 Å². The highest BCUT2D eigenvalue weighted by Gasteiger charge is 2.25. The zero-order valence-corrected chi connectivity index (χ0v) is 11.5. The molecule has 1 saturated heterocycles. The van der Waals surface area contributed by atoms with Crippen molar-refractivity contribution in [1.82, 2.24) is 9.97 Å². The molecule has 1 aromatic carbocycles. The molecule has 1 aliphatic rings. The van der Waals surface area contributed by atoms with Crippen LogP contribution in [0.1, 0.15) is 17.9 Å². The van der Waals surface area contributed by atoms with Crippen molar-refractivity contribution in [3.63, 3.8) is 0 Å². The number of benzene rings is 1. The van der Waals surface area contributed by atoms with Crippen LogP contribution in [0, 0.1) is 0 Å². The molecule has 5 heteroatoms. The van der Waals surface area contributed by atoms with Crippen LogP contribution in [0.3, 0.4) is 0 Å². The Morgan fingerprint density at radius 3 is 2.80 bits per heavy atom. The Labute approximate surface area is 118 Å². The minimum absolute atomic E-state index is 0.252. The number of hydrogen-bond acceptors (Lipinski definition) is 5. The van der Waals surface area contributed by atoms with Gasteiger partial charge in [0, 0.05) is 25.1 Å². The minimum Gasteiger partial charge on any atom is -0.481 e. The van der Waals surface area contributed by atoms with Crippen LogP contribution >= 0.6 is 0 Å². The maximum Gasteiger partial charge on any atom is 0.225 e. The lowest BCUT2D eigenvalue weighted by atomic mass is 9.99. The van der Waals surface area contributed by atoms with E-state index >= 15 is 0 Å². The van der Waals surface area contributed by atoms with Crippen molar-refractivity contribution < 1.29 is 4.74 Å². The van der Waals surface area contributed by atoms with Gasteiger partial charge in [-0.3, -0.25) is 0 Å². The number of nitrogen functional groups attached to an aromatic ring is 1. The van der Waals surface area contributed by atoms with Crippen LogP contribution in [0.5, 0.6) is 5.88 Å². The summed E-state index contributed by atoms with van der Waals surface area (Å²) in [5.74, 6) is 2.14. The third kappa shape index (κ3) is 2.52. The summed E-state index contributed by atoms with van der Waals surface area (Å²) >= 11 is 0. The molecule has 1 unspecified atom stereocenters. The van der Waals surface area contributed by atoms with Gasteiger partial charge in [-0.25, -0.2) is 0 Å². The Morgan fingerprint density at radius 1 is 1.25 bits per heavy atom. The van der Waals surface area contributed by atoms with Crippen LogP contribution in [0.25, 0.3) is 0 Å². The van der Waals surface area contributed by atoms with Gasteiger partial charge in [0.25, 0.3) is 0 Å². The van der Waals surface area contributed by atoms with Crippen molar-refractivity contribution in [2.75, 3.05) is 30.8 Å². The van der Waals surface area contributed by atoms with Crippen molar-refractivity contribution in [3.05, 3.63) is 42.0 Å². The molecule has 5 nitrogen and oxygen atoms in total. The quantitative estimate of drug-likeness (QED) is 0.925. The zero-order valence-electron chi connectivity index (χ0n) is 11.5. The van der Waals surface area contributed by atoms with Gasteiger partial charge in [-0.15, -0.1) is 0 Å². The third-order valence-corrected chi connectivity index (χ3v) is 3.70. The Hall–Kier alpha value is -2.30. The molecule has 0 radical (unpaired) electrons. The summed E-state index contributed by atoms with van der Waals surface area (Å²) < 4.78 is 5.15. The lowest BCUT2D eigenvalue weighted by molar-refractivity contribution is 0.397. The summed E-state index contributed by atoms with van der Waals surface area (Å²) in [5.41, 5.74) is 7.10. The Morgan fingerprint density at radius 2 is 2.05 bits per heavy atom. The number of nitrogens with two attached hydrogens (primary N) is 1. The van der Waals surface area contributed by atoms with Crippen LogP contribution in [-0.4, -0.2) is 30.2 Å². The highest BCUT2D eigenvalue weighted by atomic mass is 16.5. The van der Waals surface area contributed by atoms with E-state index in [0.717, 1.165) is 25.3 Å². The number of anilines is 2. The standard InChI is InChI=1S/C15H18N4O/c1-20-14-9-13(17-15(16)18-14)19-8-7-12(10-19)11-5-3-2-4-6-11/h2-6,9,12H,7-8,10H2,1H3,(H2,16,17,18). The highest BCUT2D eigenvalue weighted by Crippen LogP contribution is 2.30. The zero-order chi connectivity index (χ0) is 13.9. The third-order valence-electron chi connectivity index (χ3n) is 3.70. The van der Waals surface area contributed by atoms with E-state index in [1.165, 1.54) is 5.56 Å². The molecule has 2 heterocycles. The molecule has 1 aliphatic heterocycles. The van der Waals surface area contributed by atoms with E-state index in [4.69, 9.17) is 10.5 Å². The summed E-state index contributed by atoms with van der Waals surface area (Å²) in [6.07, 6.45) is 1.12. The summed E-state index contributed by atoms with van der Waals surface area (Å²) in [5, 5.41) is 0.